The van der Waals surface area contributed by atoms with Gasteiger partial charge in [0, 0.05) is 24.5 Å². The van der Waals surface area contributed by atoms with Crippen molar-refractivity contribution in [1.82, 2.24) is 14.5 Å². The monoisotopic (exact) mass is 287 g/mol. The van der Waals surface area contributed by atoms with Crippen LogP contribution in [-0.4, -0.2) is 33.4 Å². The van der Waals surface area contributed by atoms with E-state index < -0.39 is 0 Å². The number of amides is 1. The summed E-state index contributed by atoms with van der Waals surface area (Å²) in [4.78, 5) is 30.2. The van der Waals surface area contributed by atoms with Gasteiger partial charge in [-0.25, -0.2) is 4.79 Å². The van der Waals surface area contributed by atoms with Crippen LogP contribution in [0.4, 0.5) is 0 Å². The van der Waals surface area contributed by atoms with Crippen LogP contribution in [0.5, 0.6) is 0 Å². The summed E-state index contributed by atoms with van der Waals surface area (Å²) in [5, 5.41) is 0. The van der Waals surface area contributed by atoms with E-state index in [4.69, 9.17) is 0 Å². The first-order valence-electron chi connectivity index (χ1n) is 7.52. The van der Waals surface area contributed by atoms with Crippen molar-refractivity contribution in [3.63, 3.8) is 0 Å². The fourth-order valence-electron chi connectivity index (χ4n) is 3.42. The first-order valence-corrected chi connectivity index (χ1v) is 7.52. The van der Waals surface area contributed by atoms with Crippen LogP contribution < -0.4 is 5.69 Å². The summed E-state index contributed by atoms with van der Waals surface area (Å²) in [6.07, 6.45) is 6.57. The Bertz CT molecular complexity index is 631. The van der Waals surface area contributed by atoms with Crippen LogP contribution in [0.2, 0.25) is 0 Å². The van der Waals surface area contributed by atoms with E-state index >= 15 is 0 Å². The van der Waals surface area contributed by atoms with E-state index in [1.165, 1.54) is 4.57 Å². The molecule has 0 saturated carbocycles. The number of likely N-dealkylation sites (tertiary alicyclic amines) is 1. The normalized spacial score (nSPS) is 24.2. The second-order valence-corrected chi connectivity index (χ2v) is 6.17. The third-order valence-corrected chi connectivity index (χ3v) is 4.61. The molecule has 0 bridgehead atoms. The Hall–Kier alpha value is -1.91. The number of aryl methyl sites for hydroxylation is 2. The highest BCUT2D eigenvalue weighted by Crippen LogP contribution is 2.32. The zero-order valence-electron chi connectivity index (χ0n) is 12.6. The summed E-state index contributed by atoms with van der Waals surface area (Å²) in [6, 6.07) is 1.84. The summed E-state index contributed by atoms with van der Waals surface area (Å²) >= 11 is 0. The third kappa shape index (κ3) is 2.77. The molecule has 1 aromatic rings. The highest BCUT2D eigenvalue weighted by molar-refractivity contribution is 5.76. The SMILES string of the molecule is Cc1cc(C)n(CC(=O)N2C[C@H]3CC=CC[C@H]3C2)c(=O)n1. The topological polar surface area (TPSA) is 55.2 Å². The number of hydrogen-bond donors (Lipinski definition) is 0. The Morgan fingerprint density at radius 1 is 1.24 bits per heavy atom. The van der Waals surface area contributed by atoms with Gasteiger partial charge in [-0.15, -0.1) is 0 Å². The maximum Gasteiger partial charge on any atom is 0.348 e. The second kappa shape index (κ2) is 5.47. The zero-order chi connectivity index (χ0) is 15.0. The van der Waals surface area contributed by atoms with Crippen LogP contribution in [0.3, 0.4) is 0 Å². The van der Waals surface area contributed by atoms with Gasteiger partial charge in [0.2, 0.25) is 5.91 Å². The largest absolute Gasteiger partial charge is 0.348 e. The minimum Gasteiger partial charge on any atom is -0.341 e. The molecule has 5 heteroatoms. The number of carbonyl (C=O) groups excluding carboxylic acids is 1. The van der Waals surface area contributed by atoms with Crippen LogP contribution in [0.1, 0.15) is 24.2 Å². The molecule has 5 nitrogen and oxygen atoms in total. The molecule has 1 fully saturated rings. The van der Waals surface area contributed by atoms with Crippen molar-refractivity contribution >= 4 is 5.91 Å². The number of carbonyl (C=O) groups is 1. The molecule has 21 heavy (non-hydrogen) atoms. The zero-order valence-corrected chi connectivity index (χ0v) is 12.6. The number of aromatic nitrogens is 2. The number of allylic oxidation sites excluding steroid dienone is 2. The quantitative estimate of drug-likeness (QED) is 0.770. The van der Waals surface area contributed by atoms with Gasteiger partial charge in [0.05, 0.1) is 0 Å². The Morgan fingerprint density at radius 2 is 1.86 bits per heavy atom. The number of rotatable bonds is 2. The summed E-state index contributed by atoms with van der Waals surface area (Å²) in [6.45, 7) is 5.38. The predicted molar refractivity (Wildman–Crippen MR) is 79.9 cm³/mol. The Morgan fingerprint density at radius 3 is 2.43 bits per heavy atom. The number of fused-ring (bicyclic) bond motifs is 1. The van der Waals surface area contributed by atoms with Crippen molar-refractivity contribution in [2.45, 2.75) is 33.2 Å². The van der Waals surface area contributed by atoms with E-state index in [-0.39, 0.29) is 18.1 Å². The van der Waals surface area contributed by atoms with Gasteiger partial charge in [-0.05, 0) is 44.6 Å². The lowest BCUT2D eigenvalue weighted by molar-refractivity contribution is -0.131. The molecule has 0 spiro atoms. The third-order valence-electron chi connectivity index (χ3n) is 4.61. The Balaban J connectivity index is 1.72. The smallest absolute Gasteiger partial charge is 0.341 e. The van der Waals surface area contributed by atoms with E-state index in [1.807, 2.05) is 17.9 Å². The second-order valence-electron chi connectivity index (χ2n) is 6.17. The minimum absolute atomic E-state index is 0.0280. The van der Waals surface area contributed by atoms with Crippen molar-refractivity contribution in [2.24, 2.45) is 11.8 Å². The molecule has 112 valence electrons. The number of hydrogen-bond acceptors (Lipinski definition) is 3. The molecular formula is C16H21N3O2. The lowest BCUT2D eigenvalue weighted by Crippen LogP contribution is -2.37. The van der Waals surface area contributed by atoms with Crippen molar-refractivity contribution in [3.05, 3.63) is 40.1 Å². The van der Waals surface area contributed by atoms with Crippen molar-refractivity contribution in [3.8, 4) is 0 Å². The standard InChI is InChI=1S/C16H21N3O2/c1-11-7-12(2)19(16(21)17-11)10-15(20)18-8-13-5-3-4-6-14(13)9-18/h3-4,7,13-14H,5-6,8-10H2,1-2H3/t13-,14+. The highest BCUT2D eigenvalue weighted by Gasteiger charge is 2.35. The molecule has 3 rings (SSSR count). The first-order chi connectivity index (χ1) is 10.0. The van der Waals surface area contributed by atoms with Crippen molar-refractivity contribution in [2.75, 3.05) is 13.1 Å². The maximum atomic E-state index is 12.5. The van der Waals surface area contributed by atoms with Gasteiger partial charge in [-0.2, -0.15) is 4.98 Å². The van der Waals surface area contributed by atoms with Gasteiger partial charge in [0.15, 0.2) is 0 Å². The van der Waals surface area contributed by atoms with Crippen LogP contribution in [0.25, 0.3) is 0 Å². The average Bonchev–Trinajstić information content (AvgIpc) is 2.86. The van der Waals surface area contributed by atoms with Crippen LogP contribution in [-0.2, 0) is 11.3 Å². The van der Waals surface area contributed by atoms with Gasteiger partial charge < -0.3 is 4.90 Å². The predicted octanol–water partition coefficient (Wildman–Crippen LogP) is 1.28. The molecule has 2 atom stereocenters. The van der Waals surface area contributed by atoms with Gasteiger partial charge in [0.25, 0.3) is 0 Å². The molecule has 0 radical (unpaired) electrons. The molecule has 0 unspecified atom stereocenters. The lowest BCUT2D eigenvalue weighted by Gasteiger charge is -2.18. The van der Waals surface area contributed by atoms with E-state index in [9.17, 15) is 9.59 Å². The van der Waals surface area contributed by atoms with Crippen LogP contribution >= 0.6 is 0 Å². The summed E-state index contributed by atoms with van der Waals surface area (Å²) in [5.41, 5.74) is 1.15. The summed E-state index contributed by atoms with van der Waals surface area (Å²) in [5.74, 6) is 1.21. The van der Waals surface area contributed by atoms with Gasteiger partial charge in [0.1, 0.15) is 6.54 Å². The van der Waals surface area contributed by atoms with E-state index in [2.05, 4.69) is 17.1 Å². The minimum atomic E-state index is -0.334. The van der Waals surface area contributed by atoms with Gasteiger partial charge in [-0.3, -0.25) is 9.36 Å². The molecular weight excluding hydrogens is 266 g/mol. The molecule has 1 aliphatic carbocycles. The fraction of sp³-hybridized carbons (Fsp3) is 0.562. The molecule has 2 heterocycles. The fourth-order valence-corrected chi connectivity index (χ4v) is 3.42. The maximum absolute atomic E-state index is 12.5. The molecule has 0 N–H and O–H groups in total. The van der Waals surface area contributed by atoms with E-state index in [1.54, 1.807) is 6.92 Å². The van der Waals surface area contributed by atoms with Crippen LogP contribution in [0.15, 0.2) is 23.0 Å². The van der Waals surface area contributed by atoms with Gasteiger partial charge >= 0.3 is 5.69 Å². The Labute approximate surface area is 124 Å². The summed E-state index contributed by atoms with van der Waals surface area (Å²) in [7, 11) is 0. The first kappa shape index (κ1) is 14.0. The van der Waals surface area contributed by atoms with Gasteiger partial charge in [-0.1, -0.05) is 12.2 Å². The van der Waals surface area contributed by atoms with Crippen molar-refractivity contribution in [1.29, 1.82) is 0 Å². The molecule has 2 aliphatic rings. The molecule has 1 saturated heterocycles. The molecule has 0 aromatic carbocycles. The van der Waals surface area contributed by atoms with E-state index in [0.717, 1.165) is 31.6 Å². The number of nitrogens with zero attached hydrogens (tertiary/aromatic N) is 3. The van der Waals surface area contributed by atoms with Crippen LogP contribution in [0, 0.1) is 25.7 Å². The highest BCUT2D eigenvalue weighted by atomic mass is 16.2. The summed E-state index contributed by atoms with van der Waals surface area (Å²) < 4.78 is 1.47. The lowest BCUT2D eigenvalue weighted by atomic mass is 9.86. The molecule has 1 aromatic heterocycles. The van der Waals surface area contributed by atoms with E-state index in [0.29, 0.717) is 17.5 Å². The average molecular weight is 287 g/mol. The Kier molecular flexibility index (Phi) is 3.66. The molecule has 1 amide bonds. The van der Waals surface area contributed by atoms with Crippen molar-refractivity contribution < 1.29 is 4.79 Å². The molecule has 1 aliphatic heterocycles.